The molecule has 0 rings (SSSR count). The van der Waals surface area contributed by atoms with Gasteiger partial charge in [0.2, 0.25) is 5.78 Å². The van der Waals surface area contributed by atoms with Gasteiger partial charge in [-0.25, -0.2) is 0 Å². The Balaban J connectivity index is 3.73. The van der Waals surface area contributed by atoms with Crippen LogP contribution in [-0.4, -0.2) is 11.6 Å². The van der Waals surface area contributed by atoms with Crippen molar-refractivity contribution in [2.45, 2.75) is 40.0 Å². The van der Waals surface area contributed by atoms with Gasteiger partial charge in [-0.15, -0.1) is 0 Å². The van der Waals surface area contributed by atoms with E-state index >= 15 is 0 Å². The second-order valence-electron chi connectivity index (χ2n) is 2.96. The van der Waals surface area contributed by atoms with Crippen LogP contribution in [0.5, 0.6) is 0 Å². The molecule has 64 valence electrons. The zero-order valence-electron chi connectivity index (χ0n) is 7.52. The lowest BCUT2D eigenvalue weighted by Gasteiger charge is -2.05. The van der Waals surface area contributed by atoms with Gasteiger partial charge in [0.05, 0.1) is 0 Å². The van der Waals surface area contributed by atoms with E-state index in [0.717, 1.165) is 19.3 Å². The van der Waals surface area contributed by atoms with Crippen LogP contribution in [0.15, 0.2) is 0 Å². The van der Waals surface area contributed by atoms with E-state index in [1.807, 2.05) is 6.92 Å². The lowest BCUT2D eigenvalue weighted by Crippen LogP contribution is -2.18. The quantitative estimate of drug-likeness (QED) is 0.570. The van der Waals surface area contributed by atoms with Crippen molar-refractivity contribution in [3.05, 3.63) is 0 Å². The van der Waals surface area contributed by atoms with E-state index in [2.05, 4.69) is 6.92 Å². The molecule has 2 nitrogen and oxygen atoms in total. The number of unbranched alkanes of at least 4 members (excludes halogenated alkanes) is 1. The predicted molar refractivity (Wildman–Crippen MR) is 44.4 cm³/mol. The highest BCUT2D eigenvalue weighted by atomic mass is 16.2. The van der Waals surface area contributed by atoms with Gasteiger partial charge >= 0.3 is 0 Å². The summed E-state index contributed by atoms with van der Waals surface area (Å²) in [4.78, 5) is 21.6. The van der Waals surface area contributed by atoms with Gasteiger partial charge in [-0.05, 0) is 6.42 Å². The first-order valence-electron chi connectivity index (χ1n) is 4.14. The highest BCUT2D eigenvalue weighted by Gasteiger charge is 2.15. The molecule has 0 aliphatic heterocycles. The average molecular weight is 156 g/mol. The zero-order chi connectivity index (χ0) is 8.85. The Hall–Kier alpha value is -0.660. The van der Waals surface area contributed by atoms with Crippen molar-refractivity contribution >= 4 is 11.6 Å². The maximum absolute atomic E-state index is 11.0. The molecule has 0 N–H and O–H groups in total. The average Bonchev–Trinajstić information content (AvgIpc) is 1.98. The lowest BCUT2D eigenvalue weighted by molar-refractivity contribution is -0.137. The first-order chi connectivity index (χ1) is 5.09. The minimum Gasteiger partial charge on any atom is -0.291 e. The molecule has 0 amide bonds. The van der Waals surface area contributed by atoms with Crippen LogP contribution >= 0.6 is 0 Å². The largest absolute Gasteiger partial charge is 0.291 e. The van der Waals surface area contributed by atoms with E-state index < -0.39 is 0 Å². The number of carbonyl (C=O) groups is 2. The van der Waals surface area contributed by atoms with E-state index in [0.29, 0.717) is 0 Å². The number of hydrogen-bond acceptors (Lipinski definition) is 2. The molecule has 2 heteroatoms. The van der Waals surface area contributed by atoms with Gasteiger partial charge in [0.15, 0.2) is 5.78 Å². The molecule has 0 aromatic carbocycles. The van der Waals surface area contributed by atoms with Crippen LogP contribution in [0.1, 0.15) is 40.0 Å². The minimum atomic E-state index is -0.311. The first-order valence-corrected chi connectivity index (χ1v) is 4.14. The lowest BCUT2D eigenvalue weighted by atomic mass is 9.98. The Morgan fingerprint density at radius 2 is 1.91 bits per heavy atom. The summed E-state index contributed by atoms with van der Waals surface area (Å²) >= 11 is 0. The van der Waals surface area contributed by atoms with Crippen molar-refractivity contribution in [2.75, 3.05) is 0 Å². The van der Waals surface area contributed by atoms with E-state index in [4.69, 9.17) is 0 Å². The Morgan fingerprint density at radius 1 is 1.36 bits per heavy atom. The molecule has 0 aromatic heterocycles. The highest BCUT2D eigenvalue weighted by Crippen LogP contribution is 2.08. The fourth-order valence-electron chi connectivity index (χ4n) is 0.988. The Labute approximate surface area is 68.0 Å². The third-order valence-corrected chi connectivity index (χ3v) is 1.79. The van der Waals surface area contributed by atoms with Crippen LogP contribution in [-0.2, 0) is 9.59 Å². The summed E-state index contributed by atoms with van der Waals surface area (Å²) in [5.74, 6) is -0.612. The number of ketones is 2. The number of rotatable bonds is 5. The summed E-state index contributed by atoms with van der Waals surface area (Å²) in [6.07, 6.45) is 2.95. The summed E-state index contributed by atoms with van der Waals surface area (Å²) in [6, 6.07) is 0. The summed E-state index contributed by atoms with van der Waals surface area (Å²) in [7, 11) is 0. The molecule has 0 bridgehead atoms. The molecule has 1 unspecified atom stereocenters. The van der Waals surface area contributed by atoms with Crippen molar-refractivity contribution in [3.8, 4) is 0 Å². The smallest absolute Gasteiger partial charge is 0.200 e. The molecule has 0 aliphatic carbocycles. The SMILES string of the molecule is CCCCC(C)C(=O)C(C)=O. The standard InChI is InChI=1S/C9H16O2/c1-4-5-6-7(2)9(11)8(3)10/h7H,4-6H2,1-3H3. The normalized spacial score (nSPS) is 12.6. The van der Waals surface area contributed by atoms with Gasteiger partial charge in [-0.3, -0.25) is 9.59 Å². The number of Topliss-reactive ketones (excluding diaryl/α,β-unsaturated/α-hetero) is 2. The number of carbonyl (C=O) groups excluding carboxylic acids is 2. The molecule has 0 radical (unpaired) electrons. The summed E-state index contributed by atoms with van der Waals surface area (Å²) in [5, 5.41) is 0. The maximum atomic E-state index is 11.0. The van der Waals surface area contributed by atoms with E-state index in [9.17, 15) is 9.59 Å². The maximum Gasteiger partial charge on any atom is 0.200 e. The second kappa shape index (κ2) is 5.05. The van der Waals surface area contributed by atoms with Crippen LogP contribution in [0, 0.1) is 5.92 Å². The summed E-state index contributed by atoms with van der Waals surface area (Å²) in [6.45, 7) is 5.23. The van der Waals surface area contributed by atoms with Crippen molar-refractivity contribution < 1.29 is 9.59 Å². The highest BCUT2D eigenvalue weighted by molar-refractivity contribution is 6.36. The molecular weight excluding hydrogens is 140 g/mol. The van der Waals surface area contributed by atoms with Crippen LogP contribution in [0.25, 0.3) is 0 Å². The molecule has 11 heavy (non-hydrogen) atoms. The second-order valence-corrected chi connectivity index (χ2v) is 2.96. The van der Waals surface area contributed by atoms with Crippen molar-refractivity contribution in [3.63, 3.8) is 0 Å². The molecule has 1 atom stereocenters. The van der Waals surface area contributed by atoms with E-state index in [1.54, 1.807) is 0 Å². The molecule has 0 heterocycles. The van der Waals surface area contributed by atoms with Gasteiger partial charge in [-0.2, -0.15) is 0 Å². The Kier molecular flexibility index (Phi) is 4.75. The van der Waals surface area contributed by atoms with Gasteiger partial charge < -0.3 is 0 Å². The van der Waals surface area contributed by atoms with Gasteiger partial charge in [0, 0.05) is 12.8 Å². The van der Waals surface area contributed by atoms with Gasteiger partial charge in [0.1, 0.15) is 0 Å². The summed E-state index contributed by atoms with van der Waals surface area (Å²) < 4.78 is 0. The van der Waals surface area contributed by atoms with E-state index in [-0.39, 0.29) is 17.5 Å². The summed E-state index contributed by atoms with van der Waals surface area (Å²) in [5.41, 5.74) is 0. The Morgan fingerprint density at radius 3 is 2.27 bits per heavy atom. The fourth-order valence-corrected chi connectivity index (χ4v) is 0.988. The van der Waals surface area contributed by atoms with E-state index in [1.165, 1.54) is 6.92 Å². The number of hydrogen-bond donors (Lipinski definition) is 0. The molecule has 0 saturated heterocycles. The van der Waals surface area contributed by atoms with Gasteiger partial charge in [0.25, 0.3) is 0 Å². The molecule has 0 fully saturated rings. The molecule has 0 spiro atoms. The van der Waals surface area contributed by atoms with Crippen LogP contribution < -0.4 is 0 Å². The molecule has 0 aliphatic rings. The first kappa shape index (κ1) is 10.3. The van der Waals surface area contributed by atoms with Crippen molar-refractivity contribution in [1.29, 1.82) is 0 Å². The van der Waals surface area contributed by atoms with Crippen LogP contribution in [0.4, 0.5) is 0 Å². The molecule has 0 aromatic rings. The minimum absolute atomic E-state index is 0.0764. The van der Waals surface area contributed by atoms with Crippen LogP contribution in [0.2, 0.25) is 0 Å². The topological polar surface area (TPSA) is 34.1 Å². The predicted octanol–water partition coefficient (Wildman–Crippen LogP) is 1.97. The molecular formula is C9H16O2. The molecule has 0 saturated carbocycles. The monoisotopic (exact) mass is 156 g/mol. The Bertz CT molecular complexity index is 150. The zero-order valence-corrected chi connectivity index (χ0v) is 7.52. The van der Waals surface area contributed by atoms with Gasteiger partial charge in [-0.1, -0.05) is 26.7 Å². The fraction of sp³-hybridized carbons (Fsp3) is 0.778. The van der Waals surface area contributed by atoms with Crippen molar-refractivity contribution in [1.82, 2.24) is 0 Å². The third-order valence-electron chi connectivity index (χ3n) is 1.79. The van der Waals surface area contributed by atoms with Crippen LogP contribution in [0.3, 0.4) is 0 Å². The third kappa shape index (κ3) is 3.91. The van der Waals surface area contributed by atoms with Crippen molar-refractivity contribution in [2.24, 2.45) is 5.92 Å².